The van der Waals surface area contributed by atoms with Gasteiger partial charge in [0.05, 0.1) is 0 Å². The molecule has 1 heterocycles. The number of allylic oxidation sites excluding steroid dienone is 6. The van der Waals surface area contributed by atoms with Gasteiger partial charge in [-0.15, -0.1) is 0 Å². The fraction of sp³-hybridized carbons (Fsp3) is 0.855. The molecule has 1 aliphatic rings. The monoisotopic (exact) mass is 985 g/mol. The molecule has 0 bridgehead atoms. The highest BCUT2D eigenvalue weighted by molar-refractivity contribution is 5.71. The van der Waals surface area contributed by atoms with Gasteiger partial charge in [-0.2, -0.15) is 0 Å². The van der Waals surface area contributed by atoms with E-state index in [1.807, 2.05) is 0 Å². The van der Waals surface area contributed by atoms with E-state index in [-0.39, 0.29) is 37.4 Å². The van der Waals surface area contributed by atoms with Crippen LogP contribution in [0.15, 0.2) is 36.5 Å². The molecule has 8 nitrogen and oxygen atoms in total. The third-order valence-corrected chi connectivity index (χ3v) is 13.6. The van der Waals surface area contributed by atoms with Gasteiger partial charge in [0, 0.05) is 32.5 Å². The van der Waals surface area contributed by atoms with E-state index in [0.717, 1.165) is 110 Å². The van der Waals surface area contributed by atoms with E-state index < -0.39 is 6.10 Å². The molecule has 8 heteroatoms. The molecule has 0 N–H and O–H groups in total. The summed E-state index contributed by atoms with van der Waals surface area (Å²) < 4.78 is 28.3. The smallest absolute Gasteiger partial charge is 0.306 e. The molecule has 70 heavy (non-hydrogen) atoms. The van der Waals surface area contributed by atoms with E-state index in [1.165, 1.54) is 173 Å². The topological polar surface area (TPSA) is 97.4 Å². The van der Waals surface area contributed by atoms with Crippen molar-refractivity contribution in [3.63, 3.8) is 0 Å². The summed E-state index contributed by atoms with van der Waals surface area (Å²) in [4.78, 5) is 38.2. The second kappa shape index (κ2) is 54.3. The lowest BCUT2D eigenvalue weighted by atomic mass is 10.1. The number of esters is 3. The van der Waals surface area contributed by atoms with Crippen LogP contribution >= 0.6 is 0 Å². The van der Waals surface area contributed by atoms with E-state index in [9.17, 15) is 14.4 Å². The molecule has 1 unspecified atom stereocenters. The Labute approximate surface area is 432 Å². The molecule has 0 aromatic carbocycles. The Kier molecular flexibility index (Phi) is 50.9. The Balaban J connectivity index is 2.24. The Morgan fingerprint density at radius 1 is 0.414 bits per heavy atom. The van der Waals surface area contributed by atoms with Crippen LogP contribution < -0.4 is 0 Å². The number of ether oxygens (including phenoxy) is 5. The van der Waals surface area contributed by atoms with Crippen LogP contribution in [0.5, 0.6) is 0 Å². The molecular formula is C62H112O8. The lowest BCUT2D eigenvalue weighted by Crippen LogP contribution is -2.30. The van der Waals surface area contributed by atoms with Gasteiger partial charge in [0.15, 0.2) is 12.4 Å². The van der Waals surface area contributed by atoms with Crippen molar-refractivity contribution in [2.24, 2.45) is 0 Å². The molecule has 0 aromatic heterocycles. The van der Waals surface area contributed by atoms with Crippen LogP contribution in [0.3, 0.4) is 0 Å². The van der Waals surface area contributed by atoms with Crippen molar-refractivity contribution < 1.29 is 38.1 Å². The van der Waals surface area contributed by atoms with Crippen LogP contribution in [0.1, 0.15) is 303 Å². The lowest BCUT2D eigenvalue weighted by molar-refractivity contribution is -0.167. The highest BCUT2D eigenvalue weighted by Gasteiger charge is 2.20. The molecular weight excluding hydrogens is 873 g/mol. The molecule has 1 rings (SSSR count). The van der Waals surface area contributed by atoms with Crippen molar-refractivity contribution >= 4 is 17.9 Å². The Morgan fingerprint density at radius 2 is 0.743 bits per heavy atom. The van der Waals surface area contributed by atoms with Gasteiger partial charge in [-0.05, 0) is 122 Å². The van der Waals surface area contributed by atoms with Crippen molar-refractivity contribution in [1.29, 1.82) is 0 Å². The summed E-state index contributed by atoms with van der Waals surface area (Å²) in [7, 11) is 0. The van der Waals surface area contributed by atoms with Crippen molar-refractivity contribution in [2.45, 2.75) is 315 Å². The van der Waals surface area contributed by atoms with Crippen LogP contribution in [-0.2, 0) is 38.1 Å². The molecule has 0 radical (unpaired) electrons. The van der Waals surface area contributed by atoms with Crippen LogP contribution in [0, 0.1) is 0 Å². The average Bonchev–Trinajstić information content (AvgIpc) is 3.37. The van der Waals surface area contributed by atoms with Crippen LogP contribution in [0.2, 0.25) is 0 Å². The van der Waals surface area contributed by atoms with E-state index in [1.54, 1.807) is 0 Å². The molecule has 0 amide bonds. The van der Waals surface area contributed by atoms with Crippen molar-refractivity contribution in [1.82, 2.24) is 0 Å². The van der Waals surface area contributed by atoms with E-state index in [0.29, 0.717) is 19.3 Å². The second-order valence-electron chi connectivity index (χ2n) is 20.5. The summed E-state index contributed by atoms with van der Waals surface area (Å²) in [6.07, 6.45) is 64.0. The summed E-state index contributed by atoms with van der Waals surface area (Å²) in [6, 6.07) is 0. The molecule has 0 spiro atoms. The molecule has 1 atom stereocenters. The summed E-state index contributed by atoms with van der Waals surface area (Å²) in [5.74, 6) is -0.906. The van der Waals surface area contributed by atoms with Gasteiger partial charge in [0.25, 0.3) is 0 Å². The minimum absolute atomic E-state index is 0.0438. The van der Waals surface area contributed by atoms with Crippen molar-refractivity contribution in [3.8, 4) is 0 Å². The van der Waals surface area contributed by atoms with Crippen LogP contribution in [-0.4, -0.2) is 56.7 Å². The predicted molar refractivity (Wildman–Crippen MR) is 294 cm³/mol. The highest BCUT2D eigenvalue weighted by atomic mass is 16.7. The first-order valence-electron chi connectivity index (χ1n) is 30.2. The number of hydrogen-bond acceptors (Lipinski definition) is 8. The largest absolute Gasteiger partial charge is 0.462 e. The van der Waals surface area contributed by atoms with Crippen LogP contribution in [0.4, 0.5) is 0 Å². The third kappa shape index (κ3) is 49.1. The zero-order valence-corrected chi connectivity index (χ0v) is 46.0. The summed E-state index contributed by atoms with van der Waals surface area (Å²) in [5, 5.41) is 0. The quantitative estimate of drug-likeness (QED) is 0.0257. The fourth-order valence-electron chi connectivity index (χ4n) is 8.98. The number of carbonyl (C=O) groups excluding carboxylic acids is 3. The first kappa shape index (κ1) is 65.6. The number of unbranched alkanes of at least 4 members (excludes halogenated alkanes) is 33. The number of carbonyl (C=O) groups is 3. The SMILES string of the molecule is CCCCCCCC/C=C\CCCCCCCC(=O)OCC(COC(=O)CCCCCCC/C=C\CCCCCCCC)OC(=O)CCCCCCC/C=C\CCCCCCCCOC1CCCCO1. The molecule has 1 fully saturated rings. The van der Waals surface area contributed by atoms with Gasteiger partial charge in [0.1, 0.15) is 13.2 Å². The minimum atomic E-state index is -0.790. The van der Waals surface area contributed by atoms with Gasteiger partial charge >= 0.3 is 17.9 Å². The summed E-state index contributed by atoms with van der Waals surface area (Å²) in [6.45, 7) is 6.03. The van der Waals surface area contributed by atoms with Gasteiger partial charge in [-0.1, -0.05) is 198 Å². The molecule has 0 aromatic rings. The van der Waals surface area contributed by atoms with Crippen molar-refractivity contribution in [3.05, 3.63) is 36.5 Å². The highest BCUT2D eigenvalue weighted by Crippen LogP contribution is 2.17. The molecule has 0 aliphatic carbocycles. The standard InChI is InChI=1S/C62H112O8/c1-3-5-7-9-11-13-15-17-20-24-28-32-36-40-44-50-59(63)68-56-58(57-69-60(64)51-45-41-37-33-29-25-21-18-16-14-12-10-8-6-4-2)70-61(65)52-46-42-38-34-30-26-22-19-23-27-31-35-39-43-48-54-66-62-53-47-49-55-67-62/h17-22,58,62H,3-16,23-57H2,1-2H3/b20-17-,21-18-,22-19-. The maximum absolute atomic E-state index is 12.9. The molecule has 1 saturated heterocycles. The van der Waals surface area contributed by atoms with E-state index in [2.05, 4.69) is 50.3 Å². The minimum Gasteiger partial charge on any atom is -0.462 e. The molecule has 408 valence electrons. The van der Waals surface area contributed by atoms with E-state index >= 15 is 0 Å². The Hall–Kier alpha value is -2.45. The maximum atomic E-state index is 12.9. The second-order valence-corrected chi connectivity index (χ2v) is 20.5. The van der Waals surface area contributed by atoms with Crippen molar-refractivity contribution in [2.75, 3.05) is 26.4 Å². The average molecular weight is 986 g/mol. The van der Waals surface area contributed by atoms with Gasteiger partial charge < -0.3 is 23.7 Å². The predicted octanol–water partition coefficient (Wildman–Crippen LogP) is 18.6. The van der Waals surface area contributed by atoms with Gasteiger partial charge in [-0.25, -0.2) is 0 Å². The zero-order valence-electron chi connectivity index (χ0n) is 46.0. The Bertz CT molecular complexity index is 1170. The number of hydrogen-bond donors (Lipinski definition) is 0. The maximum Gasteiger partial charge on any atom is 0.306 e. The van der Waals surface area contributed by atoms with E-state index in [4.69, 9.17) is 23.7 Å². The first-order valence-corrected chi connectivity index (χ1v) is 30.2. The van der Waals surface area contributed by atoms with Gasteiger partial charge in [-0.3, -0.25) is 14.4 Å². The first-order chi connectivity index (χ1) is 34.5. The van der Waals surface area contributed by atoms with Crippen LogP contribution in [0.25, 0.3) is 0 Å². The normalized spacial score (nSPS) is 14.2. The molecule has 0 saturated carbocycles. The third-order valence-electron chi connectivity index (χ3n) is 13.6. The lowest BCUT2D eigenvalue weighted by Gasteiger charge is -2.22. The van der Waals surface area contributed by atoms with Gasteiger partial charge in [0.2, 0.25) is 0 Å². The summed E-state index contributed by atoms with van der Waals surface area (Å²) >= 11 is 0. The Morgan fingerprint density at radius 3 is 1.10 bits per heavy atom. The fourth-order valence-corrected chi connectivity index (χ4v) is 8.98. The zero-order chi connectivity index (χ0) is 50.3. The molecule has 1 aliphatic heterocycles. The number of rotatable bonds is 53. The summed E-state index contributed by atoms with van der Waals surface area (Å²) in [5.41, 5.74) is 0.